The first-order valence-electron chi connectivity index (χ1n) is 6.73. The molecule has 2 N–H and O–H groups in total. The summed E-state index contributed by atoms with van der Waals surface area (Å²) < 4.78 is 5.18. The Morgan fingerprint density at radius 2 is 2.14 bits per heavy atom. The number of aliphatic hydroxyl groups is 1. The minimum absolute atomic E-state index is 0.158. The second-order valence-electron chi connectivity index (χ2n) is 4.62. The van der Waals surface area contributed by atoms with E-state index in [9.17, 15) is 9.90 Å². The van der Waals surface area contributed by atoms with E-state index in [1.54, 1.807) is 24.3 Å². The topological polar surface area (TPSA) is 86.3 Å². The molecule has 114 valence electrons. The molecule has 0 fully saturated rings. The van der Waals surface area contributed by atoms with Gasteiger partial charge in [-0.15, -0.1) is 11.8 Å². The van der Waals surface area contributed by atoms with Gasteiger partial charge in [0.1, 0.15) is 11.8 Å². The van der Waals surface area contributed by atoms with Crippen LogP contribution < -0.4 is 5.32 Å². The lowest BCUT2D eigenvalue weighted by atomic mass is 10.2. The molecule has 2 aromatic rings. The van der Waals surface area contributed by atoms with Gasteiger partial charge in [-0.1, -0.05) is 12.1 Å². The monoisotopic (exact) mass is 316 g/mol. The van der Waals surface area contributed by atoms with Gasteiger partial charge in [0.25, 0.3) is 0 Å². The zero-order chi connectivity index (χ0) is 15.8. The van der Waals surface area contributed by atoms with E-state index in [1.165, 1.54) is 18.0 Å². The van der Waals surface area contributed by atoms with Crippen molar-refractivity contribution in [3.63, 3.8) is 0 Å². The zero-order valence-electron chi connectivity index (χ0n) is 11.9. The smallest absolute Gasteiger partial charge is 0.230 e. The predicted molar refractivity (Wildman–Crippen MR) is 84.0 cm³/mol. The van der Waals surface area contributed by atoms with Gasteiger partial charge in [-0.25, -0.2) is 0 Å². The lowest BCUT2D eigenvalue weighted by Crippen LogP contribution is -2.31. The van der Waals surface area contributed by atoms with Gasteiger partial charge in [0.05, 0.1) is 30.3 Å². The molecule has 0 spiro atoms. The summed E-state index contributed by atoms with van der Waals surface area (Å²) in [6.07, 6.45) is 1.50. The number of benzene rings is 1. The van der Waals surface area contributed by atoms with Crippen molar-refractivity contribution in [2.45, 2.75) is 11.8 Å². The molecule has 1 amide bonds. The maximum absolute atomic E-state index is 11.9. The molecule has 0 radical (unpaired) electrons. The molecule has 0 saturated carbocycles. The van der Waals surface area contributed by atoms with Crippen LogP contribution in [0, 0.1) is 11.3 Å². The van der Waals surface area contributed by atoms with Crippen LogP contribution in [0.1, 0.15) is 22.9 Å². The third kappa shape index (κ3) is 4.65. The minimum atomic E-state index is -0.516. The maximum Gasteiger partial charge on any atom is 0.230 e. The normalized spacial score (nSPS) is 11.6. The van der Waals surface area contributed by atoms with E-state index in [2.05, 4.69) is 11.4 Å². The zero-order valence-corrected chi connectivity index (χ0v) is 12.7. The Balaban J connectivity index is 1.76. The Hall–Kier alpha value is -2.23. The summed E-state index contributed by atoms with van der Waals surface area (Å²) in [7, 11) is 0. The molecule has 2 rings (SSSR count). The summed E-state index contributed by atoms with van der Waals surface area (Å²) >= 11 is 1.47. The van der Waals surface area contributed by atoms with Crippen LogP contribution in [0.3, 0.4) is 0 Å². The fraction of sp³-hybridized carbons (Fsp3) is 0.250. The average molecular weight is 316 g/mol. The van der Waals surface area contributed by atoms with Crippen molar-refractivity contribution in [3.05, 3.63) is 59.5 Å². The van der Waals surface area contributed by atoms with E-state index >= 15 is 0 Å². The van der Waals surface area contributed by atoms with Crippen LogP contribution in [0.15, 0.2) is 47.1 Å². The van der Waals surface area contributed by atoms with Gasteiger partial charge in [0, 0.05) is 5.75 Å². The van der Waals surface area contributed by atoms with Crippen molar-refractivity contribution < 1.29 is 14.3 Å². The van der Waals surface area contributed by atoms with Crippen LogP contribution in [0.25, 0.3) is 0 Å². The summed E-state index contributed by atoms with van der Waals surface area (Å²) in [6.45, 7) is -0.209. The minimum Gasteiger partial charge on any atom is -0.467 e. The number of nitrogens with zero attached hydrogens (tertiary/aromatic N) is 1. The molecule has 1 atom stereocenters. The molecule has 1 unspecified atom stereocenters. The summed E-state index contributed by atoms with van der Waals surface area (Å²) in [5.41, 5.74) is 1.68. The second-order valence-corrected chi connectivity index (χ2v) is 5.61. The Morgan fingerprint density at radius 3 is 2.73 bits per heavy atom. The number of hydrogen-bond donors (Lipinski definition) is 2. The number of aliphatic hydroxyl groups excluding tert-OH is 1. The van der Waals surface area contributed by atoms with Gasteiger partial charge in [0.15, 0.2) is 0 Å². The summed E-state index contributed by atoms with van der Waals surface area (Å²) in [5.74, 6) is 1.35. The third-order valence-corrected chi connectivity index (χ3v) is 3.99. The van der Waals surface area contributed by atoms with Crippen molar-refractivity contribution in [1.29, 1.82) is 5.26 Å². The molecule has 1 heterocycles. The number of amides is 1. The van der Waals surface area contributed by atoms with Crippen LogP contribution in [-0.4, -0.2) is 23.4 Å². The highest BCUT2D eigenvalue weighted by molar-refractivity contribution is 7.99. The number of nitriles is 1. The summed E-state index contributed by atoms with van der Waals surface area (Å²) in [4.78, 5) is 11.9. The fourth-order valence-electron chi connectivity index (χ4n) is 1.87. The molecule has 0 aliphatic carbocycles. The van der Waals surface area contributed by atoms with Gasteiger partial charge in [-0.2, -0.15) is 5.26 Å². The van der Waals surface area contributed by atoms with Crippen molar-refractivity contribution >= 4 is 17.7 Å². The number of nitrogens with one attached hydrogen (secondary N) is 1. The quantitative estimate of drug-likeness (QED) is 0.818. The molecule has 0 aliphatic heterocycles. The SMILES string of the molecule is N#Cc1ccc(CSCC(=O)NC(CO)c2ccco2)cc1. The van der Waals surface area contributed by atoms with Gasteiger partial charge in [-0.3, -0.25) is 4.79 Å². The van der Waals surface area contributed by atoms with Gasteiger partial charge in [0.2, 0.25) is 5.91 Å². The van der Waals surface area contributed by atoms with Gasteiger partial charge >= 0.3 is 0 Å². The molecule has 1 aromatic heterocycles. The first-order chi connectivity index (χ1) is 10.7. The standard InChI is InChI=1S/C16H16N2O3S/c17-8-12-3-5-13(6-4-12)10-22-11-16(20)18-14(9-19)15-2-1-7-21-15/h1-7,14,19H,9-11H2,(H,18,20). The molecule has 0 bridgehead atoms. The lowest BCUT2D eigenvalue weighted by molar-refractivity contribution is -0.119. The van der Waals surface area contributed by atoms with Crippen molar-refractivity contribution in [1.82, 2.24) is 5.32 Å². The molecule has 1 aromatic carbocycles. The molecular weight excluding hydrogens is 300 g/mol. The van der Waals surface area contributed by atoms with Crippen LogP contribution in [0.2, 0.25) is 0 Å². The van der Waals surface area contributed by atoms with Crippen molar-refractivity contribution in [2.75, 3.05) is 12.4 Å². The van der Waals surface area contributed by atoms with E-state index in [4.69, 9.17) is 9.68 Å². The first-order valence-corrected chi connectivity index (χ1v) is 7.89. The number of carbonyl (C=O) groups excluding carboxylic acids is 1. The molecule has 6 heteroatoms. The first kappa shape index (κ1) is 16.1. The molecule has 22 heavy (non-hydrogen) atoms. The largest absolute Gasteiger partial charge is 0.467 e. The highest BCUT2D eigenvalue weighted by Crippen LogP contribution is 2.15. The van der Waals surface area contributed by atoms with Crippen molar-refractivity contribution in [2.24, 2.45) is 0 Å². The van der Waals surface area contributed by atoms with E-state index in [1.807, 2.05) is 12.1 Å². The maximum atomic E-state index is 11.9. The fourth-order valence-corrected chi connectivity index (χ4v) is 2.67. The average Bonchev–Trinajstić information content (AvgIpc) is 3.07. The van der Waals surface area contributed by atoms with E-state index in [-0.39, 0.29) is 18.3 Å². The molecule has 5 nitrogen and oxygen atoms in total. The number of thioether (sulfide) groups is 1. The van der Waals surface area contributed by atoms with E-state index < -0.39 is 6.04 Å². The number of furan rings is 1. The number of hydrogen-bond acceptors (Lipinski definition) is 5. The highest BCUT2D eigenvalue weighted by atomic mass is 32.2. The molecule has 0 aliphatic rings. The highest BCUT2D eigenvalue weighted by Gasteiger charge is 2.15. The van der Waals surface area contributed by atoms with Crippen LogP contribution in [0.5, 0.6) is 0 Å². The van der Waals surface area contributed by atoms with Crippen LogP contribution >= 0.6 is 11.8 Å². The lowest BCUT2D eigenvalue weighted by Gasteiger charge is -2.13. The van der Waals surface area contributed by atoms with Crippen molar-refractivity contribution in [3.8, 4) is 6.07 Å². The van der Waals surface area contributed by atoms with E-state index in [0.717, 1.165) is 5.56 Å². The Kier molecular flexibility index (Phi) is 6.07. The van der Waals surface area contributed by atoms with Gasteiger partial charge < -0.3 is 14.8 Å². The second kappa shape index (κ2) is 8.27. The van der Waals surface area contributed by atoms with E-state index in [0.29, 0.717) is 17.1 Å². The Labute approximate surface area is 132 Å². The Bertz CT molecular complexity index is 632. The molecular formula is C16H16N2O3S. The predicted octanol–water partition coefficient (Wildman–Crippen LogP) is 2.23. The third-order valence-electron chi connectivity index (χ3n) is 2.99. The summed E-state index contributed by atoms with van der Waals surface area (Å²) in [6, 6.07) is 12.2. The number of rotatable bonds is 7. The van der Waals surface area contributed by atoms with Crippen LogP contribution in [0.4, 0.5) is 0 Å². The Morgan fingerprint density at radius 1 is 1.36 bits per heavy atom. The number of carbonyl (C=O) groups is 1. The van der Waals surface area contributed by atoms with Crippen LogP contribution in [-0.2, 0) is 10.5 Å². The summed E-state index contributed by atoms with van der Waals surface area (Å²) in [5, 5.41) is 20.7. The molecule has 0 saturated heterocycles. The van der Waals surface area contributed by atoms with Gasteiger partial charge in [-0.05, 0) is 29.8 Å².